The van der Waals surface area contributed by atoms with Crippen molar-refractivity contribution >= 4 is 6.08 Å². The summed E-state index contributed by atoms with van der Waals surface area (Å²) < 4.78 is 0. The average Bonchev–Trinajstić information content (AvgIpc) is 2.58. The summed E-state index contributed by atoms with van der Waals surface area (Å²) in [5.74, 6) is 1.77. The molecule has 25 heavy (non-hydrogen) atoms. The van der Waals surface area contributed by atoms with Gasteiger partial charge in [0.15, 0.2) is 0 Å². The van der Waals surface area contributed by atoms with Crippen LogP contribution >= 0.6 is 0 Å². The number of nitrogens with zero attached hydrogens (tertiary/aromatic N) is 1. The number of likely N-dealkylation sites (N-methyl/N-ethyl adjacent to an activating group) is 1. The SMILES string of the molecule is C=Cc1ccc(C)c(C(C(=C)N(C)C2CCC(C)CC2)C(C)C)c1C. The Kier molecular flexibility index (Phi) is 6.54. The van der Waals surface area contributed by atoms with Crippen LogP contribution in [-0.2, 0) is 0 Å². The van der Waals surface area contributed by atoms with Gasteiger partial charge >= 0.3 is 0 Å². The highest BCUT2D eigenvalue weighted by Crippen LogP contribution is 2.39. The second-order valence-corrected chi connectivity index (χ2v) is 8.45. The molecule has 1 unspecified atom stereocenters. The molecule has 138 valence electrons. The Morgan fingerprint density at radius 1 is 1.16 bits per heavy atom. The second kappa shape index (κ2) is 8.25. The van der Waals surface area contributed by atoms with Crippen molar-refractivity contribution in [3.63, 3.8) is 0 Å². The predicted molar refractivity (Wildman–Crippen MR) is 112 cm³/mol. The van der Waals surface area contributed by atoms with Crippen LogP contribution in [0.1, 0.15) is 74.6 Å². The molecule has 1 aromatic carbocycles. The zero-order valence-corrected chi connectivity index (χ0v) is 17.2. The van der Waals surface area contributed by atoms with E-state index in [0.29, 0.717) is 17.9 Å². The van der Waals surface area contributed by atoms with E-state index in [2.05, 4.69) is 71.9 Å². The minimum absolute atomic E-state index is 0.365. The number of benzene rings is 1. The van der Waals surface area contributed by atoms with Crippen LogP contribution in [-0.4, -0.2) is 18.0 Å². The van der Waals surface area contributed by atoms with Crippen LogP contribution in [0.4, 0.5) is 0 Å². The Morgan fingerprint density at radius 2 is 1.76 bits per heavy atom. The number of rotatable bonds is 6. The van der Waals surface area contributed by atoms with E-state index in [-0.39, 0.29) is 0 Å². The lowest BCUT2D eigenvalue weighted by Crippen LogP contribution is -2.36. The minimum Gasteiger partial charge on any atom is -0.375 e. The van der Waals surface area contributed by atoms with Crippen molar-refractivity contribution in [2.45, 2.75) is 72.3 Å². The molecule has 0 saturated heterocycles. The summed E-state index contributed by atoms with van der Waals surface area (Å²) >= 11 is 0. The van der Waals surface area contributed by atoms with Crippen molar-refractivity contribution in [3.8, 4) is 0 Å². The molecule has 2 rings (SSSR count). The van der Waals surface area contributed by atoms with Crippen LogP contribution in [0.2, 0.25) is 0 Å². The van der Waals surface area contributed by atoms with Crippen molar-refractivity contribution in [2.75, 3.05) is 7.05 Å². The predicted octanol–water partition coefficient (Wildman–Crippen LogP) is 6.71. The summed E-state index contributed by atoms with van der Waals surface area (Å²) in [5.41, 5.74) is 6.71. The molecule has 1 aliphatic carbocycles. The van der Waals surface area contributed by atoms with Gasteiger partial charge in [0, 0.05) is 24.7 Å². The Labute approximate surface area is 155 Å². The Morgan fingerprint density at radius 3 is 2.28 bits per heavy atom. The van der Waals surface area contributed by atoms with E-state index < -0.39 is 0 Å². The zero-order valence-electron chi connectivity index (χ0n) is 17.2. The van der Waals surface area contributed by atoms with Crippen LogP contribution in [0.25, 0.3) is 6.08 Å². The molecule has 1 nitrogen and oxygen atoms in total. The van der Waals surface area contributed by atoms with Gasteiger partial charge in [-0.15, -0.1) is 0 Å². The van der Waals surface area contributed by atoms with Crippen molar-refractivity contribution in [1.82, 2.24) is 4.90 Å². The molecule has 0 aliphatic heterocycles. The Balaban J connectivity index is 2.35. The van der Waals surface area contributed by atoms with Gasteiger partial charge < -0.3 is 4.90 Å². The number of hydrogen-bond donors (Lipinski definition) is 0. The Hall–Kier alpha value is -1.50. The fraction of sp³-hybridized carbons (Fsp3) is 0.583. The van der Waals surface area contributed by atoms with Gasteiger partial charge in [-0.05, 0) is 73.6 Å². The van der Waals surface area contributed by atoms with E-state index in [0.717, 1.165) is 5.92 Å². The maximum Gasteiger partial charge on any atom is 0.0283 e. The molecule has 0 N–H and O–H groups in total. The summed E-state index contributed by atoms with van der Waals surface area (Å²) in [5, 5.41) is 0. The molecule has 0 spiro atoms. The van der Waals surface area contributed by atoms with Gasteiger partial charge in [0.05, 0.1) is 0 Å². The van der Waals surface area contributed by atoms with Gasteiger partial charge in [-0.2, -0.15) is 0 Å². The molecule has 1 saturated carbocycles. The van der Waals surface area contributed by atoms with Gasteiger partial charge in [0.25, 0.3) is 0 Å². The number of hydrogen-bond acceptors (Lipinski definition) is 1. The van der Waals surface area contributed by atoms with Gasteiger partial charge in [-0.3, -0.25) is 0 Å². The van der Waals surface area contributed by atoms with Gasteiger partial charge in [-0.25, -0.2) is 0 Å². The fourth-order valence-electron chi connectivity index (χ4n) is 4.55. The van der Waals surface area contributed by atoms with Crippen LogP contribution in [0.3, 0.4) is 0 Å². The molecule has 1 fully saturated rings. The van der Waals surface area contributed by atoms with Crippen molar-refractivity contribution in [1.29, 1.82) is 0 Å². The van der Waals surface area contributed by atoms with Crippen LogP contribution in [0, 0.1) is 25.7 Å². The van der Waals surface area contributed by atoms with Crippen LogP contribution < -0.4 is 0 Å². The first-order valence-electron chi connectivity index (χ1n) is 9.92. The highest BCUT2D eigenvalue weighted by molar-refractivity contribution is 5.57. The molecular weight excluding hydrogens is 302 g/mol. The lowest BCUT2D eigenvalue weighted by molar-refractivity contribution is 0.193. The van der Waals surface area contributed by atoms with Crippen molar-refractivity contribution in [3.05, 3.63) is 53.2 Å². The maximum atomic E-state index is 4.58. The molecule has 0 bridgehead atoms. The Bertz CT molecular complexity index is 617. The lowest BCUT2D eigenvalue weighted by Gasteiger charge is -2.40. The average molecular weight is 340 g/mol. The summed E-state index contributed by atoms with van der Waals surface area (Å²) in [6.07, 6.45) is 7.26. The quantitative estimate of drug-likeness (QED) is 0.556. The topological polar surface area (TPSA) is 3.24 Å². The molecule has 0 aromatic heterocycles. The molecule has 1 atom stereocenters. The maximum absolute atomic E-state index is 4.58. The van der Waals surface area contributed by atoms with Crippen LogP contribution in [0.15, 0.2) is 31.0 Å². The molecule has 1 aromatic rings. The summed E-state index contributed by atoms with van der Waals surface area (Å²) in [7, 11) is 2.26. The molecule has 1 aliphatic rings. The monoisotopic (exact) mass is 339 g/mol. The van der Waals surface area contributed by atoms with E-state index >= 15 is 0 Å². The molecule has 0 heterocycles. The summed E-state index contributed by atoms with van der Waals surface area (Å²) in [4.78, 5) is 2.50. The highest BCUT2D eigenvalue weighted by Gasteiger charge is 2.29. The van der Waals surface area contributed by atoms with Gasteiger partial charge in [-0.1, -0.05) is 52.1 Å². The van der Waals surface area contributed by atoms with Crippen LogP contribution in [0.5, 0.6) is 0 Å². The smallest absolute Gasteiger partial charge is 0.0283 e. The van der Waals surface area contributed by atoms with E-state index in [1.54, 1.807) is 0 Å². The van der Waals surface area contributed by atoms with Gasteiger partial charge in [0.1, 0.15) is 0 Å². The van der Waals surface area contributed by atoms with E-state index in [4.69, 9.17) is 0 Å². The summed E-state index contributed by atoms with van der Waals surface area (Å²) in [6, 6.07) is 5.07. The first kappa shape index (κ1) is 19.8. The number of aryl methyl sites for hydroxylation is 1. The molecule has 0 amide bonds. The first-order valence-corrected chi connectivity index (χ1v) is 9.92. The third-order valence-electron chi connectivity index (χ3n) is 6.32. The standard InChI is InChI=1S/C24H37N/c1-9-21-13-12-18(5)24(19(21)6)23(16(2)3)20(7)25(8)22-14-10-17(4)11-15-22/h9,12-13,16-17,22-23H,1,7,10-11,14-15H2,2-6,8H3. The van der Waals surface area contributed by atoms with Crippen molar-refractivity contribution in [2.24, 2.45) is 11.8 Å². The molecule has 0 radical (unpaired) electrons. The van der Waals surface area contributed by atoms with Crippen molar-refractivity contribution < 1.29 is 0 Å². The first-order chi connectivity index (χ1) is 11.8. The molecular formula is C24H37N. The largest absolute Gasteiger partial charge is 0.375 e. The second-order valence-electron chi connectivity index (χ2n) is 8.45. The minimum atomic E-state index is 0.365. The zero-order chi connectivity index (χ0) is 18.7. The lowest BCUT2D eigenvalue weighted by atomic mass is 9.79. The normalized spacial score (nSPS) is 21.9. The molecule has 1 heteroatoms. The van der Waals surface area contributed by atoms with E-state index in [9.17, 15) is 0 Å². The van der Waals surface area contributed by atoms with Gasteiger partial charge in [0.2, 0.25) is 0 Å². The van der Waals surface area contributed by atoms with E-state index in [1.807, 2.05) is 6.08 Å². The number of allylic oxidation sites excluding steroid dienone is 1. The third kappa shape index (κ3) is 4.19. The van der Waals surface area contributed by atoms with E-state index in [1.165, 1.54) is 53.6 Å². The highest BCUT2D eigenvalue weighted by atomic mass is 15.1. The fourth-order valence-corrected chi connectivity index (χ4v) is 4.55. The third-order valence-corrected chi connectivity index (χ3v) is 6.32. The summed E-state index contributed by atoms with van der Waals surface area (Å²) in [6.45, 7) is 20.1.